The van der Waals surface area contributed by atoms with Gasteiger partial charge in [-0.05, 0) is 25.3 Å². The van der Waals surface area contributed by atoms with Gasteiger partial charge in [-0.2, -0.15) is 4.98 Å². The molecule has 0 aliphatic carbocycles. The highest BCUT2D eigenvalue weighted by Gasteiger charge is 2.01. The highest BCUT2D eigenvalue weighted by atomic mass is 16.5. The maximum Gasteiger partial charge on any atom is 0.226 e. The summed E-state index contributed by atoms with van der Waals surface area (Å²) in [5.41, 5.74) is 1.36. The van der Waals surface area contributed by atoms with Gasteiger partial charge in [0.05, 0.1) is 0 Å². The predicted octanol–water partition coefficient (Wildman–Crippen LogP) is 2.55. The Balaban J connectivity index is 1.80. The van der Waals surface area contributed by atoms with E-state index in [2.05, 4.69) is 34.4 Å². The van der Waals surface area contributed by atoms with E-state index in [1.54, 1.807) is 0 Å². The molecule has 0 radical (unpaired) electrons. The molecule has 0 amide bonds. The lowest BCUT2D eigenvalue weighted by atomic mass is 10.1. The van der Waals surface area contributed by atoms with Crippen LogP contribution in [0.25, 0.3) is 0 Å². The van der Waals surface area contributed by atoms with Crippen LogP contribution >= 0.6 is 0 Å². The molecule has 0 bridgehead atoms. The molecule has 0 unspecified atom stereocenters. The second-order valence-corrected chi connectivity index (χ2v) is 3.57. The fourth-order valence-corrected chi connectivity index (χ4v) is 1.53. The van der Waals surface area contributed by atoms with Gasteiger partial charge in [-0.25, -0.2) is 0 Å². The number of nitrogens with zero attached hydrogens (tertiary/aromatic N) is 2. The Morgan fingerprint density at radius 1 is 1.13 bits per heavy atom. The van der Waals surface area contributed by atoms with E-state index < -0.39 is 0 Å². The molecule has 3 heteroatoms. The van der Waals surface area contributed by atoms with Gasteiger partial charge in [0.1, 0.15) is 0 Å². The standard InChI is InChI=1S/C12H14N2O/c1-10-13-12(15-14-10)9-5-8-11-6-3-2-4-7-11/h2-4,6-7H,5,8-9H2,1H3. The number of benzene rings is 1. The molecule has 0 atom stereocenters. The Labute approximate surface area is 89.1 Å². The summed E-state index contributed by atoms with van der Waals surface area (Å²) in [5, 5.41) is 3.76. The Kier molecular flexibility index (Phi) is 3.12. The third kappa shape index (κ3) is 2.91. The lowest BCUT2D eigenvalue weighted by molar-refractivity contribution is 0.372. The third-order valence-electron chi connectivity index (χ3n) is 2.27. The molecule has 0 N–H and O–H groups in total. The van der Waals surface area contributed by atoms with Gasteiger partial charge in [0.25, 0.3) is 0 Å². The van der Waals surface area contributed by atoms with E-state index in [-0.39, 0.29) is 0 Å². The molecule has 0 aliphatic heterocycles. The summed E-state index contributed by atoms with van der Waals surface area (Å²) in [4.78, 5) is 4.16. The zero-order chi connectivity index (χ0) is 10.5. The van der Waals surface area contributed by atoms with Crippen molar-refractivity contribution in [2.45, 2.75) is 26.2 Å². The molecule has 1 aromatic heterocycles. The SMILES string of the molecule is Cc1noc(CCCc2ccccc2)n1. The van der Waals surface area contributed by atoms with Gasteiger partial charge in [0, 0.05) is 6.42 Å². The first-order valence-corrected chi connectivity index (χ1v) is 5.18. The molecular weight excluding hydrogens is 188 g/mol. The van der Waals surface area contributed by atoms with Crippen LogP contribution in [0.2, 0.25) is 0 Å². The Hall–Kier alpha value is -1.64. The van der Waals surface area contributed by atoms with Gasteiger partial charge < -0.3 is 4.52 Å². The van der Waals surface area contributed by atoms with Crippen molar-refractivity contribution in [3.05, 3.63) is 47.6 Å². The normalized spacial score (nSPS) is 10.5. The summed E-state index contributed by atoms with van der Waals surface area (Å²) < 4.78 is 5.04. The fourth-order valence-electron chi connectivity index (χ4n) is 1.53. The first kappa shape index (κ1) is 9.90. The number of hydrogen-bond acceptors (Lipinski definition) is 3. The lowest BCUT2D eigenvalue weighted by Gasteiger charge is -1.97. The number of aryl methyl sites for hydroxylation is 3. The van der Waals surface area contributed by atoms with Crippen LogP contribution in [-0.4, -0.2) is 10.1 Å². The average Bonchev–Trinajstić information content (AvgIpc) is 2.66. The number of rotatable bonds is 4. The van der Waals surface area contributed by atoms with Crippen LogP contribution < -0.4 is 0 Å². The Morgan fingerprint density at radius 2 is 1.93 bits per heavy atom. The average molecular weight is 202 g/mol. The topological polar surface area (TPSA) is 38.9 Å². The van der Waals surface area contributed by atoms with Crippen LogP contribution in [0.3, 0.4) is 0 Å². The molecule has 0 fully saturated rings. The second-order valence-electron chi connectivity index (χ2n) is 3.57. The number of hydrogen-bond donors (Lipinski definition) is 0. The predicted molar refractivity (Wildman–Crippen MR) is 57.5 cm³/mol. The van der Waals surface area contributed by atoms with Gasteiger partial charge >= 0.3 is 0 Å². The minimum atomic E-state index is 0.713. The molecule has 0 saturated carbocycles. The third-order valence-corrected chi connectivity index (χ3v) is 2.27. The molecule has 3 nitrogen and oxygen atoms in total. The van der Waals surface area contributed by atoms with Crippen molar-refractivity contribution in [2.75, 3.05) is 0 Å². The molecule has 1 heterocycles. The highest BCUT2D eigenvalue weighted by Crippen LogP contribution is 2.06. The minimum Gasteiger partial charge on any atom is -0.339 e. The molecule has 2 aromatic rings. The van der Waals surface area contributed by atoms with Crippen molar-refractivity contribution in [1.29, 1.82) is 0 Å². The summed E-state index contributed by atoms with van der Waals surface area (Å²) >= 11 is 0. The van der Waals surface area contributed by atoms with Gasteiger partial charge in [-0.15, -0.1) is 0 Å². The smallest absolute Gasteiger partial charge is 0.226 e. The monoisotopic (exact) mass is 202 g/mol. The van der Waals surface area contributed by atoms with E-state index in [0.29, 0.717) is 5.82 Å². The number of aromatic nitrogens is 2. The second kappa shape index (κ2) is 4.73. The Morgan fingerprint density at radius 3 is 2.60 bits per heavy atom. The van der Waals surface area contributed by atoms with Crippen molar-refractivity contribution in [3.63, 3.8) is 0 Å². The quantitative estimate of drug-likeness (QED) is 0.764. The van der Waals surface area contributed by atoms with Gasteiger partial charge in [0.15, 0.2) is 5.82 Å². The molecule has 15 heavy (non-hydrogen) atoms. The van der Waals surface area contributed by atoms with Gasteiger partial charge in [0.2, 0.25) is 5.89 Å². The van der Waals surface area contributed by atoms with Crippen molar-refractivity contribution in [1.82, 2.24) is 10.1 Å². The highest BCUT2D eigenvalue weighted by molar-refractivity contribution is 5.14. The molecule has 0 aliphatic rings. The maximum atomic E-state index is 5.04. The lowest BCUT2D eigenvalue weighted by Crippen LogP contribution is -1.90. The van der Waals surface area contributed by atoms with Crippen LogP contribution in [-0.2, 0) is 12.8 Å². The van der Waals surface area contributed by atoms with Gasteiger partial charge in [-0.1, -0.05) is 35.5 Å². The molecule has 0 spiro atoms. The fraction of sp³-hybridized carbons (Fsp3) is 0.333. The van der Waals surface area contributed by atoms with Crippen LogP contribution in [0.15, 0.2) is 34.9 Å². The van der Waals surface area contributed by atoms with Crippen LogP contribution in [0.5, 0.6) is 0 Å². The van der Waals surface area contributed by atoms with E-state index >= 15 is 0 Å². The summed E-state index contributed by atoms with van der Waals surface area (Å²) in [6, 6.07) is 10.4. The zero-order valence-electron chi connectivity index (χ0n) is 8.81. The van der Waals surface area contributed by atoms with E-state index in [4.69, 9.17) is 4.52 Å². The van der Waals surface area contributed by atoms with E-state index in [1.165, 1.54) is 5.56 Å². The van der Waals surface area contributed by atoms with Crippen LogP contribution in [0.4, 0.5) is 0 Å². The van der Waals surface area contributed by atoms with Crippen molar-refractivity contribution < 1.29 is 4.52 Å². The largest absolute Gasteiger partial charge is 0.339 e. The van der Waals surface area contributed by atoms with E-state index in [0.717, 1.165) is 25.2 Å². The first-order valence-electron chi connectivity index (χ1n) is 5.18. The summed E-state index contributed by atoms with van der Waals surface area (Å²) in [6.45, 7) is 1.84. The van der Waals surface area contributed by atoms with Crippen molar-refractivity contribution in [3.8, 4) is 0 Å². The summed E-state index contributed by atoms with van der Waals surface area (Å²) in [7, 11) is 0. The maximum absolute atomic E-state index is 5.04. The van der Waals surface area contributed by atoms with E-state index in [9.17, 15) is 0 Å². The summed E-state index contributed by atoms with van der Waals surface area (Å²) in [6.07, 6.45) is 2.96. The Bertz CT molecular complexity index is 409. The van der Waals surface area contributed by atoms with Crippen LogP contribution in [0.1, 0.15) is 23.7 Å². The molecule has 2 rings (SSSR count). The van der Waals surface area contributed by atoms with Crippen molar-refractivity contribution in [2.24, 2.45) is 0 Å². The summed E-state index contributed by atoms with van der Waals surface area (Å²) in [5.74, 6) is 1.45. The molecular formula is C12H14N2O. The van der Waals surface area contributed by atoms with Crippen molar-refractivity contribution >= 4 is 0 Å². The molecule has 78 valence electrons. The van der Waals surface area contributed by atoms with Gasteiger partial charge in [-0.3, -0.25) is 0 Å². The molecule has 0 saturated heterocycles. The first-order chi connectivity index (χ1) is 7.34. The zero-order valence-corrected chi connectivity index (χ0v) is 8.81. The van der Waals surface area contributed by atoms with Crippen LogP contribution in [0, 0.1) is 6.92 Å². The minimum absolute atomic E-state index is 0.713. The van der Waals surface area contributed by atoms with E-state index in [1.807, 2.05) is 13.0 Å². The molecule has 1 aromatic carbocycles.